The molecule has 0 N–H and O–H groups in total. The van der Waals surface area contributed by atoms with Crippen LogP contribution in [-0.4, -0.2) is 38.0 Å². The lowest BCUT2D eigenvalue weighted by Crippen LogP contribution is -2.32. The van der Waals surface area contributed by atoms with Crippen LogP contribution >= 0.6 is 0 Å². The summed E-state index contributed by atoms with van der Waals surface area (Å²) in [5.41, 5.74) is 0. The van der Waals surface area contributed by atoms with E-state index < -0.39 is 6.80 Å². The van der Waals surface area contributed by atoms with Crippen molar-refractivity contribution in [2.24, 2.45) is 0 Å². The molecule has 0 amide bonds. The first kappa shape index (κ1) is 6.85. The summed E-state index contributed by atoms with van der Waals surface area (Å²) in [4.78, 5) is 0. The van der Waals surface area contributed by atoms with E-state index in [1.807, 2.05) is 0 Å². The van der Waals surface area contributed by atoms with Gasteiger partial charge in [-0.2, -0.15) is 0 Å². The van der Waals surface area contributed by atoms with E-state index >= 15 is 0 Å². The fourth-order valence-corrected chi connectivity index (χ4v) is 0.107. The zero-order chi connectivity index (χ0) is 5.86. The predicted molar refractivity (Wildman–Crippen MR) is 27.4 cm³/mol. The summed E-state index contributed by atoms with van der Waals surface area (Å²) in [7, 11) is 5.26. The Morgan fingerprint density at radius 3 is 1.71 bits per heavy atom. The van der Waals surface area contributed by atoms with Crippen molar-refractivity contribution in [1.82, 2.24) is 10.0 Å². The number of rotatable bonds is 2. The molecule has 0 aliphatic carbocycles. The van der Waals surface area contributed by atoms with Crippen molar-refractivity contribution in [3.63, 3.8) is 0 Å². The van der Waals surface area contributed by atoms with Crippen LogP contribution in [0, 0.1) is 0 Å². The van der Waals surface area contributed by atoms with Gasteiger partial charge in [0.15, 0.2) is 6.80 Å². The minimum absolute atomic E-state index is 0.424. The lowest BCUT2D eigenvalue weighted by Gasteiger charge is -2.19. The first-order valence-corrected chi connectivity index (χ1v) is 2.13. The highest BCUT2D eigenvalue weighted by molar-refractivity contribution is 4.26. The molecular formula is C4H11FN2. The molecule has 3 heteroatoms. The molecule has 0 spiro atoms. The maximum atomic E-state index is 11.5. The fourth-order valence-electron chi connectivity index (χ4n) is 0.107. The van der Waals surface area contributed by atoms with Crippen LogP contribution in [0.5, 0.6) is 0 Å². The Bertz CT molecular complexity index is 47.0. The predicted octanol–water partition coefficient (Wildman–Crippen LogP) is 0.322. The average molecular weight is 106 g/mol. The van der Waals surface area contributed by atoms with Gasteiger partial charge in [0.2, 0.25) is 0 Å². The van der Waals surface area contributed by atoms with E-state index in [-0.39, 0.29) is 0 Å². The summed E-state index contributed by atoms with van der Waals surface area (Å²) < 4.78 is 11.5. The van der Waals surface area contributed by atoms with Crippen molar-refractivity contribution in [2.45, 2.75) is 0 Å². The third kappa shape index (κ3) is 2.53. The van der Waals surface area contributed by atoms with E-state index in [9.17, 15) is 4.39 Å². The molecule has 0 saturated carbocycles. The van der Waals surface area contributed by atoms with Crippen LogP contribution in [-0.2, 0) is 0 Å². The van der Waals surface area contributed by atoms with Crippen LogP contribution in [0.25, 0.3) is 0 Å². The molecule has 0 bridgehead atoms. The molecule has 0 aromatic carbocycles. The van der Waals surface area contributed by atoms with Gasteiger partial charge in [-0.3, -0.25) is 0 Å². The molecular weight excluding hydrogens is 95.1 g/mol. The Balaban J connectivity index is 3.14. The molecule has 0 fully saturated rings. The second-order valence-electron chi connectivity index (χ2n) is 1.62. The van der Waals surface area contributed by atoms with Gasteiger partial charge in [-0.15, -0.1) is 0 Å². The Morgan fingerprint density at radius 1 is 1.29 bits per heavy atom. The minimum Gasteiger partial charge on any atom is -0.246 e. The number of hydrogen-bond donors (Lipinski definition) is 0. The molecule has 0 heterocycles. The first-order valence-electron chi connectivity index (χ1n) is 2.13. The van der Waals surface area contributed by atoms with E-state index in [0.717, 1.165) is 0 Å². The lowest BCUT2D eigenvalue weighted by molar-refractivity contribution is 0.0145. The van der Waals surface area contributed by atoms with Crippen LogP contribution in [0.2, 0.25) is 0 Å². The minimum atomic E-state index is -0.424. The summed E-state index contributed by atoms with van der Waals surface area (Å²) in [6.07, 6.45) is 0. The van der Waals surface area contributed by atoms with Crippen LogP contribution in [0.3, 0.4) is 0 Å². The van der Waals surface area contributed by atoms with Crippen molar-refractivity contribution in [3.8, 4) is 0 Å². The molecule has 0 aromatic rings. The lowest BCUT2D eigenvalue weighted by atomic mass is 11.0. The van der Waals surface area contributed by atoms with Crippen molar-refractivity contribution in [3.05, 3.63) is 0 Å². The van der Waals surface area contributed by atoms with Crippen molar-refractivity contribution >= 4 is 0 Å². The molecule has 0 aliphatic rings. The Labute approximate surface area is 43.5 Å². The maximum Gasteiger partial charge on any atom is 0.155 e. The van der Waals surface area contributed by atoms with Gasteiger partial charge in [0.1, 0.15) is 0 Å². The molecule has 0 saturated heterocycles. The molecule has 0 atom stereocenters. The summed E-state index contributed by atoms with van der Waals surface area (Å²) in [5, 5.41) is 3.14. The van der Waals surface area contributed by atoms with Gasteiger partial charge in [0.05, 0.1) is 0 Å². The second kappa shape index (κ2) is 2.93. The smallest absolute Gasteiger partial charge is 0.155 e. The summed E-state index contributed by atoms with van der Waals surface area (Å²) >= 11 is 0. The zero-order valence-corrected chi connectivity index (χ0v) is 4.98. The van der Waals surface area contributed by atoms with Gasteiger partial charge < -0.3 is 0 Å². The summed E-state index contributed by atoms with van der Waals surface area (Å²) in [6.45, 7) is -0.424. The third-order valence-electron chi connectivity index (χ3n) is 0.856. The normalized spacial score (nSPS) is 11.1. The van der Waals surface area contributed by atoms with Crippen molar-refractivity contribution in [2.75, 3.05) is 27.9 Å². The summed E-state index contributed by atoms with van der Waals surface area (Å²) in [6, 6.07) is 0. The van der Waals surface area contributed by atoms with Crippen LogP contribution in [0.15, 0.2) is 0 Å². The van der Waals surface area contributed by atoms with Gasteiger partial charge in [0.25, 0.3) is 0 Å². The number of hydrogen-bond acceptors (Lipinski definition) is 2. The molecule has 0 unspecified atom stereocenters. The SMILES string of the molecule is CN(C)N(C)CF. The standard InChI is InChI=1S/C4H11FN2/c1-6(2)7(3)4-5/h4H2,1-3H3. The molecule has 0 aromatic heterocycles. The number of hydrazine groups is 1. The van der Waals surface area contributed by atoms with E-state index in [0.29, 0.717) is 0 Å². The fraction of sp³-hybridized carbons (Fsp3) is 1.00. The van der Waals surface area contributed by atoms with Gasteiger partial charge in [-0.05, 0) is 0 Å². The van der Waals surface area contributed by atoms with E-state index in [1.54, 1.807) is 26.2 Å². The van der Waals surface area contributed by atoms with Crippen LogP contribution < -0.4 is 0 Å². The first-order chi connectivity index (χ1) is 3.18. The van der Waals surface area contributed by atoms with Crippen LogP contribution in [0.1, 0.15) is 0 Å². The summed E-state index contributed by atoms with van der Waals surface area (Å²) in [5.74, 6) is 0. The van der Waals surface area contributed by atoms with Gasteiger partial charge in [-0.25, -0.2) is 14.4 Å². The second-order valence-corrected chi connectivity index (χ2v) is 1.62. The van der Waals surface area contributed by atoms with Gasteiger partial charge in [0, 0.05) is 21.1 Å². The Morgan fingerprint density at radius 2 is 1.71 bits per heavy atom. The molecule has 0 radical (unpaired) electrons. The molecule has 2 nitrogen and oxygen atoms in total. The topological polar surface area (TPSA) is 6.48 Å². The average Bonchev–Trinajstić information content (AvgIpc) is 1.65. The Hall–Kier alpha value is -0.150. The highest BCUT2D eigenvalue weighted by Gasteiger charge is 1.94. The number of alkyl halides is 1. The van der Waals surface area contributed by atoms with Gasteiger partial charge >= 0.3 is 0 Å². The van der Waals surface area contributed by atoms with Crippen molar-refractivity contribution in [1.29, 1.82) is 0 Å². The highest BCUT2D eigenvalue weighted by Crippen LogP contribution is 1.82. The van der Waals surface area contributed by atoms with Crippen molar-refractivity contribution < 1.29 is 4.39 Å². The van der Waals surface area contributed by atoms with E-state index in [2.05, 4.69) is 0 Å². The molecule has 44 valence electrons. The quantitative estimate of drug-likeness (QED) is 0.369. The zero-order valence-electron chi connectivity index (χ0n) is 4.98. The molecule has 0 rings (SSSR count). The molecule has 7 heavy (non-hydrogen) atoms. The highest BCUT2D eigenvalue weighted by atomic mass is 19.1. The number of halogens is 1. The van der Waals surface area contributed by atoms with Crippen LogP contribution in [0.4, 0.5) is 4.39 Å². The number of nitrogens with zero attached hydrogens (tertiary/aromatic N) is 2. The van der Waals surface area contributed by atoms with E-state index in [1.165, 1.54) is 5.01 Å². The Kier molecular flexibility index (Phi) is 2.87. The maximum absolute atomic E-state index is 11.5. The van der Waals surface area contributed by atoms with Gasteiger partial charge in [-0.1, -0.05) is 0 Å². The van der Waals surface area contributed by atoms with E-state index in [4.69, 9.17) is 0 Å². The monoisotopic (exact) mass is 106 g/mol. The molecule has 0 aliphatic heterocycles. The third-order valence-corrected chi connectivity index (χ3v) is 0.856. The largest absolute Gasteiger partial charge is 0.246 e.